The Bertz CT molecular complexity index is 1600. The van der Waals surface area contributed by atoms with Crippen LogP contribution in [0.1, 0.15) is 11.1 Å². The molecule has 0 aliphatic heterocycles. The fourth-order valence-corrected chi connectivity index (χ4v) is 5.66. The summed E-state index contributed by atoms with van der Waals surface area (Å²) in [7, 11) is -6.90. The predicted octanol–water partition coefficient (Wildman–Crippen LogP) is 5.47. The second-order valence-corrected chi connectivity index (χ2v) is 10.2. The summed E-state index contributed by atoms with van der Waals surface area (Å²) in [5, 5.41) is 19.8. The van der Waals surface area contributed by atoms with Crippen molar-refractivity contribution in [1.82, 2.24) is 0 Å². The van der Waals surface area contributed by atoms with E-state index in [1.165, 1.54) is 37.3 Å². The number of phenols is 1. The van der Waals surface area contributed by atoms with Crippen LogP contribution in [0, 0.1) is 36.0 Å². The minimum absolute atomic E-state index is 0.0262. The first kappa shape index (κ1) is 27.9. The van der Waals surface area contributed by atoms with Gasteiger partial charge in [-0.15, -0.1) is 0 Å². The van der Waals surface area contributed by atoms with Crippen LogP contribution < -0.4 is 9.31 Å². The molecule has 4 aromatic rings. The Morgan fingerprint density at radius 3 is 1.92 bits per heavy atom. The quantitative estimate of drug-likeness (QED) is 0.128. The fourth-order valence-electron chi connectivity index (χ4n) is 3.89. The normalized spacial score (nSPS) is 11.4. The largest absolute Gasteiger partial charge is 0.785 e. The molecule has 0 amide bonds. The molecule has 0 aromatic heterocycles. The maximum Gasteiger partial charge on any atom is 0.785 e. The molecule has 13 heteroatoms. The molecule has 4 aromatic carbocycles. The SMILES string of the molecule is Cc1c(-c2ccc(O)cc2)ccc(OB(O)Oc2c(F)c(F)c(F)c(F)c2F)c1S(=O)(=O)Cc1ccccc1. The number of benzene rings is 4. The third kappa shape index (κ3) is 5.69. The molecule has 0 aliphatic rings. The monoisotopic (exact) mass is 564 g/mol. The van der Waals surface area contributed by atoms with E-state index in [1.54, 1.807) is 30.3 Å². The summed E-state index contributed by atoms with van der Waals surface area (Å²) in [6.07, 6.45) is 0. The molecule has 0 bridgehead atoms. The van der Waals surface area contributed by atoms with Gasteiger partial charge in [0.2, 0.25) is 29.1 Å². The highest BCUT2D eigenvalue weighted by molar-refractivity contribution is 7.90. The highest BCUT2D eigenvalue weighted by atomic mass is 32.2. The summed E-state index contributed by atoms with van der Waals surface area (Å²) < 4.78 is 105. The molecule has 0 spiro atoms. The van der Waals surface area contributed by atoms with Gasteiger partial charge in [-0.25, -0.2) is 21.6 Å². The molecule has 6 nitrogen and oxygen atoms in total. The van der Waals surface area contributed by atoms with E-state index in [4.69, 9.17) is 4.65 Å². The van der Waals surface area contributed by atoms with Crippen molar-refractivity contribution >= 4 is 17.2 Å². The summed E-state index contributed by atoms with van der Waals surface area (Å²) in [6.45, 7) is 1.45. The average Bonchev–Trinajstić information content (AvgIpc) is 2.90. The van der Waals surface area contributed by atoms with Gasteiger partial charge >= 0.3 is 7.32 Å². The molecule has 0 radical (unpaired) electrons. The Labute approximate surface area is 220 Å². The lowest BCUT2D eigenvalue weighted by molar-refractivity contribution is 0.268. The molecule has 0 saturated carbocycles. The van der Waals surface area contributed by atoms with E-state index >= 15 is 0 Å². The molecular weight excluding hydrogens is 546 g/mol. The molecule has 2 N–H and O–H groups in total. The maximum atomic E-state index is 14.0. The zero-order chi connectivity index (χ0) is 28.5. The van der Waals surface area contributed by atoms with Crippen LogP contribution in [0.15, 0.2) is 71.6 Å². The molecule has 202 valence electrons. The van der Waals surface area contributed by atoms with E-state index in [1.807, 2.05) is 0 Å². The van der Waals surface area contributed by atoms with E-state index in [2.05, 4.69) is 4.65 Å². The van der Waals surface area contributed by atoms with E-state index in [-0.39, 0.29) is 11.3 Å². The molecular formula is C26H18BF5O6S. The van der Waals surface area contributed by atoms with Gasteiger partial charge in [0, 0.05) is 0 Å². The summed E-state index contributed by atoms with van der Waals surface area (Å²) in [4.78, 5) is -0.419. The Hall–Kier alpha value is -4.10. The maximum absolute atomic E-state index is 14.0. The lowest BCUT2D eigenvalue weighted by Gasteiger charge is -2.19. The van der Waals surface area contributed by atoms with Crippen LogP contribution in [0.25, 0.3) is 11.1 Å². The number of rotatable bonds is 8. The number of aromatic hydroxyl groups is 1. The minimum Gasteiger partial charge on any atom is -0.508 e. The molecule has 0 unspecified atom stereocenters. The van der Waals surface area contributed by atoms with Gasteiger partial charge in [-0.3, -0.25) is 0 Å². The average molecular weight is 564 g/mol. The highest BCUT2D eigenvalue weighted by Gasteiger charge is 2.34. The second kappa shape index (κ2) is 10.9. The molecule has 39 heavy (non-hydrogen) atoms. The second-order valence-electron chi connectivity index (χ2n) is 8.30. The predicted molar refractivity (Wildman–Crippen MR) is 131 cm³/mol. The topological polar surface area (TPSA) is 93.1 Å². The Morgan fingerprint density at radius 2 is 1.33 bits per heavy atom. The summed E-state index contributed by atoms with van der Waals surface area (Å²) in [6, 6.07) is 16.5. The number of hydrogen-bond acceptors (Lipinski definition) is 6. The van der Waals surface area contributed by atoms with E-state index in [9.17, 15) is 40.5 Å². The molecule has 0 aliphatic carbocycles. The van der Waals surface area contributed by atoms with Crippen molar-refractivity contribution in [3.63, 3.8) is 0 Å². The van der Waals surface area contributed by atoms with E-state index < -0.39 is 68.4 Å². The number of phenolic OH excluding ortho intramolecular Hbond substituents is 1. The smallest absolute Gasteiger partial charge is 0.508 e. The van der Waals surface area contributed by atoms with Gasteiger partial charge in [0.25, 0.3) is 0 Å². The van der Waals surface area contributed by atoms with Gasteiger partial charge in [-0.1, -0.05) is 48.5 Å². The van der Waals surface area contributed by atoms with Gasteiger partial charge in [0.1, 0.15) is 16.4 Å². The fraction of sp³-hybridized carbons (Fsp3) is 0.0769. The van der Waals surface area contributed by atoms with Gasteiger partial charge < -0.3 is 19.4 Å². The minimum atomic E-state index is -4.23. The van der Waals surface area contributed by atoms with Crippen LogP contribution in [0.3, 0.4) is 0 Å². The van der Waals surface area contributed by atoms with Crippen LogP contribution in [-0.2, 0) is 15.6 Å². The molecule has 0 fully saturated rings. The summed E-state index contributed by atoms with van der Waals surface area (Å²) in [5.74, 6) is -14.6. The first-order valence-corrected chi connectivity index (χ1v) is 12.8. The number of hydrogen-bond donors (Lipinski definition) is 2. The van der Waals surface area contributed by atoms with Gasteiger partial charge in [0.15, 0.2) is 15.6 Å². The Balaban J connectivity index is 1.77. The molecule has 0 saturated heterocycles. The first-order valence-electron chi connectivity index (χ1n) is 11.1. The first-order chi connectivity index (χ1) is 18.4. The van der Waals surface area contributed by atoms with Crippen LogP contribution in [-0.4, -0.2) is 25.9 Å². The van der Waals surface area contributed by atoms with Crippen molar-refractivity contribution in [1.29, 1.82) is 0 Å². The summed E-state index contributed by atoms with van der Waals surface area (Å²) >= 11 is 0. The van der Waals surface area contributed by atoms with Gasteiger partial charge in [-0.2, -0.15) is 8.78 Å². The van der Waals surface area contributed by atoms with Crippen molar-refractivity contribution in [3.05, 3.63) is 107 Å². The molecule has 0 heterocycles. The molecule has 4 rings (SSSR count). The lowest BCUT2D eigenvalue weighted by Crippen LogP contribution is -2.31. The molecule has 0 atom stereocenters. The van der Waals surface area contributed by atoms with E-state index in [0.717, 1.165) is 6.07 Å². The third-order valence-corrected chi connectivity index (χ3v) is 7.52. The van der Waals surface area contributed by atoms with Gasteiger partial charge in [0.05, 0.1) is 5.75 Å². The van der Waals surface area contributed by atoms with Crippen LogP contribution in [0.5, 0.6) is 17.2 Å². The highest BCUT2D eigenvalue weighted by Crippen LogP contribution is 2.38. The zero-order valence-corrected chi connectivity index (χ0v) is 20.8. The van der Waals surface area contributed by atoms with Crippen molar-refractivity contribution < 1.29 is 49.8 Å². The Morgan fingerprint density at radius 1 is 0.769 bits per heavy atom. The van der Waals surface area contributed by atoms with Gasteiger partial charge in [-0.05, 0) is 47.4 Å². The van der Waals surface area contributed by atoms with Crippen molar-refractivity contribution in [2.24, 2.45) is 0 Å². The lowest BCUT2D eigenvalue weighted by atomic mass is 10.00. The Kier molecular flexibility index (Phi) is 7.84. The number of sulfone groups is 1. The van der Waals surface area contributed by atoms with Crippen molar-refractivity contribution in [2.75, 3.05) is 0 Å². The van der Waals surface area contributed by atoms with Crippen LogP contribution in [0.4, 0.5) is 22.0 Å². The number of halogens is 5. The van der Waals surface area contributed by atoms with Crippen LogP contribution >= 0.6 is 0 Å². The van der Waals surface area contributed by atoms with E-state index in [0.29, 0.717) is 16.7 Å². The summed E-state index contributed by atoms with van der Waals surface area (Å²) in [5.41, 5.74) is 1.49. The third-order valence-electron chi connectivity index (χ3n) is 5.67. The zero-order valence-electron chi connectivity index (χ0n) is 20.0. The van der Waals surface area contributed by atoms with Crippen LogP contribution in [0.2, 0.25) is 0 Å². The van der Waals surface area contributed by atoms with Crippen molar-refractivity contribution in [3.8, 4) is 28.4 Å². The van der Waals surface area contributed by atoms with Crippen molar-refractivity contribution in [2.45, 2.75) is 17.6 Å². The standard InChI is InChI=1S/C26H18BF5O6S/c1-14-18(16-7-9-17(33)10-8-16)11-12-19(26(14)39(35,36)13-15-5-3-2-4-6-15)37-27(34)38-25-23(31)21(29)20(28)22(30)24(25)32/h2-12,33-34H,13H2,1H3.